The number of rotatable bonds is 3. The second-order valence-corrected chi connectivity index (χ2v) is 4.03. The third-order valence-corrected chi connectivity index (χ3v) is 2.81. The fourth-order valence-corrected chi connectivity index (χ4v) is 1.90. The SMILES string of the molecule is COc1c(N)ncnc1Oc1cccc2cccnc12. The molecule has 0 bridgehead atoms. The quantitative estimate of drug-likeness (QED) is 0.785. The van der Waals surface area contributed by atoms with E-state index in [0.29, 0.717) is 11.5 Å². The standard InChI is InChI=1S/C14H12N4O2/c1-19-12-13(15)17-8-18-14(12)20-10-6-2-4-9-5-3-7-16-11(9)10/h2-8H,1H3,(H2,15,17,18). The minimum absolute atomic E-state index is 0.227. The number of nitrogen functional groups attached to an aromatic ring is 1. The molecule has 0 radical (unpaired) electrons. The van der Waals surface area contributed by atoms with Gasteiger partial charge in [-0.05, 0) is 12.1 Å². The maximum Gasteiger partial charge on any atom is 0.268 e. The van der Waals surface area contributed by atoms with Gasteiger partial charge in [0, 0.05) is 11.6 Å². The lowest BCUT2D eigenvalue weighted by atomic mass is 10.2. The van der Waals surface area contributed by atoms with E-state index in [2.05, 4.69) is 15.0 Å². The van der Waals surface area contributed by atoms with Gasteiger partial charge < -0.3 is 15.2 Å². The Bertz CT molecular complexity index is 756. The van der Waals surface area contributed by atoms with Gasteiger partial charge in [0.15, 0.2) is 11.6 Å². The second-order valence-electron chi connectivity index (χ2n) is 4.03. The molecule has 0 saturated heterocycles. The molecule has 2 heterocycles. The number of methoxy groups -OCH3 is 1. The van der Waals surface area contributed by atoms with E-state index in [1.807, 2.05) is 30.3 Å². The summed E-state index contributed by atoms with van der Waals surface area (Å²) in [5, 5.41) is 0.978. The summed E-state index contributed by atoms with van der Waals surface area (Å²) in [6.07, 6.45) is 3.03. The molecule has 100 valence electrons. The van der Waals surface area contributed by atoms with Crippen LogP contribution in [0, 0.1) is 0 Å². The van der Waals surface area contributed by atoms with Crippen molar-refractivity contribution in [3.05, 3.63) is 42.9 Å². The van der Waals surface area contributed by atoms with Crippen LogP contribution in [0.25, 0.3) is 10.9 Å². The van der Waals surface area contributed by atoms with Crippen molar-refractivity contribution < 1.29 is 9.47 Å². The first-order valence-electron chi connectivity index (χ1n) is 5.95. The van der Waals surface area contributed by atoms with Crippen LogP contribution in [-0.4, -0.2) is 22.1 Å². The van der Waals surface area contributed by atoms with Crippen LogP contribution >= 0.6 is 0 Å². The van der Waals surface area contributed by atoms with E-state index < -0.39 is 0 Å². The largest absolute Gasteiger partial charge is 0.489 e. The van der Waals surface area contributed by atoms with Crippen molar-refractivity contribution >= 4 is 16.7 Å². The number of benzene rings is 1. The van der Waals surface area contributed by atoms with Gasteiger partial charge in [-0.2, -0.15) is 4.98 Å². The molecule has 3 aromatic rings. The number of pyridine rings is 1. The van der Waals surface area contributed by atoms with Crippen LogP contribution in [0.5, 0.6) is 17.4 Å². The first kappa shape index (κ1) is 12.2. The highest BCUT2D eigenvalue weighted by atomic mass is 16.5. The van der Waals surface area contributed by atoms with Crippen molar-refractivity contribution in [2.45, 2.75) is 0 Å². The topological polar surface area (TPSA) is 83.2 Å². The highest BCUT2D eigenvalue weighted by molar-refractivity contribution is 5.84. The Morgan fingerprint density at radius 1 is 1.05 bits per heavy atom. The number of nitrogens with zero attached hydrogens (tertiary/aromatic N) is 3. The van der Waals surface area contributed by atoms with Crippen LogP contribution in [0.2, 0.25) is 0 Å². The van der Waals surface area contributed by atoms with Crippen molar-refractivity contribution in [1.29, 1.82) is 0 Å². The first-order chi connectivity index (χ1) is 9.79. The Hall–Kier alpha value is -2.89. The minimum Gasteiger partial charge on any atom is -0.489 e. The van der Waals surface area contributed by atoms with E-state index in [0.717, 1.165) is 10.9 Å². The molecule has 2 aromatic heterocycles. The smallest absolute Gasteiger partial charge is 0.268 e. The maximum absolute atomic E-state index is 5.78. The molecular formula is C14H12N4O2. The second kappa shape index (κ2) is 5.00. The van der Waals surface area contributed by atoms with Crippen LogP contribution in [-0.2, 0) is 0 Å². The first-order valence-corrected chi connectivity index (χ1v) is 5.95. The lowest BCUT2D eigenvalue weighted by Crippen LogP contribution is -2.00. The Kier molecular flexibility index (Phi) is 3.04. The number of hydrogen-bond acceptors (Lipinski definition) is 6. The summed E-state index contributed by atoms with van der Waals surface area (Å²) in [6, 6.07) is 9.49. The summed E-state index contributed by atoms with van der Waals surface area (Å²) >= 11 is 0. The van der Waals surface area contributed by atoms with E-state index in [9.17, 15) is 0 Å². The summed E-state index contributed by atoms with van der Waals surface area (Å²) in [5.41, 5.74) is 6.47. The van der Waals surface area contributed by atoms with Crippen molar-refractivity contribution in [2.75, 3.05) is 12.8 Å². The molecule has 0 unspecified atom stereocenters. The third kappa shape index (κ3) is 2.07. The fraction of sp³-hybridized carbons (Fsp3) is 0.0714. The van der Waals surface area contributed by atoms with Crippen LogP contribution in [0.4, 0.5) is 5.82 Å². The van der Waals surface area contributed by atoms with E-state index in [4.69, 9.17) is 15.2 Å². The normalized spacial score (nSPS) is 10.4. The molecule has 0 fully saturated rings. The number of aromatic nitrogens is 3. The summed E-state index contributed by atoms with van der Waals surface area (Å²) in [7, 11) is 1.49. The van der Waals surface area contributed by atoms with Gasteiger partial charge in [0.25, 0.3) is 5.88 Å². The highest BCUT2D eigenvalue weighted by Gasteiger charge is 2.13. The highest BCUT2D eigenvalue weighted by Crippen LogP contribution is 2.34. The van der Waals surface area contributed by atoms with E-state index >= 15 is 0 Å². The molecule has 20 heavy (non-hydrogen) atoms. The van der Waals surface area contributed by atoms with Gasteiger partial charge in [0.2, 0.25) is 5.75 Å². The van der Waals surface area contributed by atoms with Gasteiger partial charge in [0.1, 0.15) is 11.8 Å². The van der Waals surface area contributed by atoms with Crippen molar-refractivity contribution in [1.82, 2.24) is 15.0 Å². The predicted molar refractivity (Wildman–Crippen MR) is 74.8 cm³/mol. The van der Waals surface area contributed by atoms with Gasteiger partial charge in [-0.15, -0.1) is 0 Å². The van der Waals surface area contributed by atoms with Gasteiger partial charge in [-0.25, -0.2) is 4.98 Å². The van der Waals surface area contributed by atoms with E-state index in [-0.39, 0.29) is 11.7 Å². The van der Waals surface area contributed by atoms with Gasteiger partial charge in [-0.1, -0.05) is 18.2 Å². The molecule has 1 aromatic carbocycles. The average Bonchev–Trinajstić information content (AvgIpc) is 2.48. The maximum atomic E-state index is 5.78. The molecule has 0 aliphatic heterocycles. The lowest BCUT2D eigenvalue weighted by Gasteiger charge is -2.11. The Balaban J connectivity index is 2.08. The number of ether oxygens (including phenoxy) is 2. The van der Waals surface area contributed by atoms with Crippen LogP contribution in [0.1, 0.15) is 0 Å². The molecule has 0 amide bonds. The van der Waals surface area contributed by atoms with E-state index in [1.165, 1.54) is 13.4 Å². The summed E-state index contributed by atoms with van der Waals surface area (Å²) < 4.78 is 10.9. The monoisotopic (exact) mass is 268 g/mol. The molecule has 3 rings (SSSR count). The third-order valence-electron chi connectivity index (χ3n) is 2.81. The van der Waals surface area contributed by atoms with Crippen molar-refractivity contribution in [3.8, 4) is 17.4 Å². The van der Waals surface area contributed by atoms with Gasteiger partial charge in [-0.3, -0.25) is 4.98 Å². The predicted octanol–water partition coefficient (Wildman–Crippen LogP) is 2.41. The number of fused-ring (bicyclic) bond motifs is 1. The zero-order valence-corrected chi connectivity index (χ0v) is 10.8. The zero-order valence-electron chi connectivity index (χ0n) is 10.8. The van der Waals surface area contributed by atoms with Crippen LogP contribution in [0.3, 0.4) is 0 Å². The summed E-state index contributed by atoms with van der Waals surface area (Å²) in [4.78, 5) is 12.2. The molecule has 0 atom stereocenters. The van der Waals surface area contributed by atoms with Crippen LogP contribution < -0.4 is 15.2 Å². The molecule has 0 saturated carbocycles. The number of hydrogen-bond donors (Lipinski definition) is 1. The van der Waals surface area contributed by atoms with Crippen molar-refractivity contribution in [3.63, 3.8) is 0 Å². The Morgan fingerprint density at radius 2 is 1.90 bits per heavy atom. The average molecular weight is 268 g/mol. The zero-order chi connectivity index (χ0) is 13.9. The summed E-state index contributed by atoms with van der Waals surface area (Å²) in [6.45, 7) is 0. The lowest BCUT2D eigenvalue weighted by molar-refractivity contribution is 0.370. The number of anilines is 1. The molecule has 0 aliphatic rings. The molecule has 6 heteroatoms. The molecule has 0 aliphatic carbocycles. The molecule has 6 nitrogen and oxygen atoms in total. The Labute approximate surface area is 115 Å². The molecule has 2 N–H and O–H groups in total. The van der Waals surface area contributed by atoms with Crippen LogP contribution in [0.15, 0.2) is 42.9 Å². The van der Waals surface area contributed by atoms with Crippen molar-refractivity contribution in [2.24, 2.45) is 0 Å². The van der Waals surface area contributed by atoms with Gasteiger partial charge in [0.05, 0.1) is 7.11 Å². The van der Waals surface area contributed by atoms with E-state index in [1.54, 1.807) is 6.20 Å². The number of para-hydroxylation sites is 1. The summed E-state index contributed by atoms with van der Waals surface area (Å²) in [5.74, 6) is 1.38. The number of nitrogens with two attached hydrogens (primary N) is 1. The fourth-order valence-electron chi connectivity index (χ4n) is 1.90. The minimum atomic E-state index is 0.227. The molecule has 0 spiro atoms. The van der Waals surface area contributed by atoms with Gasteiger partial charge >= 0.3 is 0 Å². The Morgan fingerprint density at radius 3 is 2.75 bits per heavy atom. The molecular weight excluding hydrogens is 256 g/mol.